The molecule has 1 aliphatic rings. The molecule has 1 aliphatic carbocycles. The van der Waals surface area contributed by atoms with E-state index in [2.05, 4.69) is 4.72 Å². The maximum Gasteiger partial charge on any atom is 0.241 e. The van der Waals surface area contributed by atoms with Gasteiger partial charge in [-0.15, -0.1) is 0 Å². The average Bonchev–Trinajstić information content (AvgIpc) is 2.49. The van der Waals surface area contributed by atoms with E-state index in [-0.39, 0.29) is 10.9 Å². The summed E-state index contributed by atoms with van der Waals surface area (Å²) in [4.78, 5) is -0.0138. The minimum absolute atomic E-state index is 0.0138. The summed E-state index contributed by atoms with van der Waals surface area (Å²) in [7, 11) is -3.79. The molecule has 23 heavy (non-hydrogen) atoms. The monoisotopic (exact) mass is 334 g/mol. The van der Waals surface area contributed by atoms with Gasteiger partial charge in [-0.2, -0.15) is 0 Å². The number of nitrogen functional groups attached to an aromatic ring is 1. The molecule has 1 atom stereocenters. The first-order valence-corrected chi connectivity index (χ1v) is 9.02. The molecule has 122 valence electrons. The zero-order valence-electron chi connectivity index (χ0n) is 12.8. The Morgan fingerprint density at radius 2 is 2.00 bits per heavy atom. The summed E-state index contributed by atoms with van der Waals surface area (Å²) in [6.07, 6.45) is 2.48. The Morgan fingerprint density at radius 1 is 1.22 bits per heavy atom. The number of nitrogens with two attached hydrogens (primary N) is 1. The lowest BCUT2D eigenvalue weighted by Gasteiger charge is -2.26. The van der Waals surface area contributed by atoms with E-state index in [1.54, 1.807) is 13.0 Å². The van der Waals surface area contributed by atoms with Gasteiger partial charge < -0.3 is 5.73 Å². The van der Waals surface area contributed by atoms with Gasteiger partial charge in [-0.25, -0.2) is 17.5 Å². The molecule has 0 radical (unpaired) electrons. The molecular weight excluding hydrogens is 315 g/mol. The van der Waals surface area contributed by atoms with E-state index in [9.17, 15) is 12.8 Å². The summed E-state index contributed by atoms with van der Waals surface area (Å²) in [5, 5.41) is 0. The van der Waals surface area contributed by atoms with Crippen LogP contribution in [0.25, 0.3) is 0 Å². The minimum atomic E-state index is -3.79. The molecule has 0 fully saturated rings. The first-order chi connectivity index (χ1) is 10.9. The van der Waals surface area contributed by atoms with Gasteiger partial charge in [0, 0.05) is 11.7 Å². The maximum atomic E-state index is 13.4. The molecule has 0 spiro atoms. The zero-order chi connectivity index (χ0) is 16.6. The predicted molar refractivity (Wildman–Crippen MR) is 88.0 cm³/mol. The summed E-state index contributed by atoms with van der Waals surface area (Å²) >= 11 is 0. The summed E-state index contributed by atoms with van der Waals surface area (Å²) < 4.78 is 41.4. The third kappa shape index (κ3) is 3.23. The van der Waals surface area contributed by atoms with Gasteiger partial charge in [0.25, 0.3) is 0 Å². The van der Waals surface area contributed by atoms with Crippen LogP contribution in [0, 0.1) is 12.7 Å². The fourth-order valence-corrected chi connectivity index (χ4v) is 4.58. The predicted octanol–water partition coefficient (Wildman–Crippen LogP) is 3.07. The number of anilines is 1. The SMILES string of the molecule is Cc1ccc(F)cc1S(=O)(=O)NC1CCCc2cc(N)ccc21. The number of rotatable bonds is 3. The number of sulfonamides is 1. The van der Waals surface area contributed by atoms with Gasteiger partial charge in [-0.05, 0) is 67.1 Å². The molecule has 3 N–H and O–H groups in total. The highest BCUT2D eigenvalue weighted by atomic mass is 32.2. The van der Waals surface area contributed by atoms with E-state index in [1.807, 2.05) is 12.1 Å². The molecule has 6 heteroatoms. The van der Waals surface area contributed by atoms with Crippen molar-refractivity contribution in [1.82, 2.24) is 4.72 Å². The van der Waals surface area contributed by atoms with Crippen molar-refractivity contribution in [2.24, 2.45) is 0 Å². The third-order valence-electron chi connectivity index (χ3n) is 4.22. The van der Waals surface area contributed by atoms with E-state index in [4.69, 9.17) is 5.73 Å². The van der Waals surface area contributed by atoms with Gasteiger partial charge in [0.15, 0.2) is 0 Å². The molecule has 0 bridgehead atoms. The van der Waals surface area contributed by atoms with Crippen molar-refractivity contribution in [1.29, 1.82) is 0 Å². The fraction of sp³-hybridized carbons (Fsp3) is 0.294. The Hall–Kier alpha value is -1.92. The highest BCUT2D eigenvalue weighted by molar-refractivity contribution is 7.89. The maximum absolute atomic E-state index is 13.4. The van der Waals surface area contributed by atoms with E-state index in [0.717, 1.165) is 30.0 Å². The van der Waals surface area contributed by atoms with Crippen LogP contribution in [-0.2, 0) is 16.4 Å². The number of benzene rings is 2. The largest absolute Gasteiger partial charge is 0.399 e. The average molecular weight is 334 g/mol. The van der Waals surface area contributed by atoms with Crippen LogP contribution in [0.3, 0.4) is 0 Å². The highest BCUT2D eigenvalue weighted by Gasteiger charge is 2.27. The molecule has 4 nitrogen and oxygen atoms in total. The first kappa shape index (κ1) is 16.0. The van der Waals surface area contributed by atoms with Crippen molar-refractivity contribution in [3.05, 3.63) is 58.9 Å². The van der Waals surface area contributed by atoms with E-state index in [0.29, 0.717) is 17.7 Å². The summed E-state index contributed by atoms with van der Waals surface area (Å²) in [5.74, 6) is -0.562. The van der Waals surface area contributed by atoms with Crippen molar-refractivity contribution < 1.29 is 12.8 Å². The lowest BCUT2D eigenvalue weighted by Crippen LogP contribution is -2.31. The highest BCUT2D eigenvalue weighted by Crippen LogP contribution is 2.32. The Balaban J connectivity index is 1.95. The molecule has 2 aromatic carbocycles. The second-order valence-electron chi connectivity index (χ2n) is 5.93. The molecule has 0 aromatic heterocycles. The lowest BCUT2D eigenvalue weighted by atomic mass is 9.88. The van der Waals surface area contributed by atoms with Gasteiger partial charge in [0.2, 0.25) is 10.0 Å². The van der Waals surface area contributed by atoms with Crippen LogP contribution in [0.15, 0.2) is 41.3 Å². The van der Waals surface area contributed by atoms with Crippen LogP contribution >= 0.6 is 0 Å². The molecule has 3 rings (SSSR count). The second-order valence-corrected chi connectivity index (χ2v) is 7.62. The topological polar surface area (TPSA) is 72.2 Å². The van der Waals surface area contributed by atoms with Gasteiger partial charge in [0.1, 0.15) is 5.82 Å². The van der Waals surface area contributed by atoms with Gasteiger partial charge >= 0.3 is 0 Å². The van der Waals surface area contributed by atoms with E-state index in [1.165, 1.54) is 12.1 Å². The summed E-state index contributed by atoms with van der Waals surface area (Å²) in [6.45, 7) is 1.66. The van der Waals surface area contributed by atoms with Crippen LogP contribution in [0.2, 0.25) is 0 Å². The van der Waals surface area contributed by atoms with Crippen molar-refractivity contribution >= 4 is 15.7 Å². The van der Waals surface area contributed by atoms with Crippen molar-refractivity contribution in [2.75, 3.05) is 5.73 Å². The van der Waals surface area contributed by atoms with Crippen LogP contribution in [-0.4, -0.2) is 8.42 Å². The Labute approximate surface area is 135 Å². The van der Waals surface area contributed by atoms with Crippen LogP contribution in [0.4, 0.5) is 10.1 Å². The first-order valence-electron chi connectivity index (χ1n) is 7.53. The summed E-state index contributed by atoms with van der Waals surface area (Å²) in [6, 6.07) is 9.01. The van der Waals surface area contributed by atoms with Crippen molar-refractivity contribution in [2.45, 2.75) is 37.1 Å². The van der Waals surface area contributed by atoms with E-state index < -0.39 is 15.8 Å². The van der Waals surface area contributed by atoms with Crippen molar-refractivity contribution in [3.8, 4) is 0 Å². The van der Waals surface area contributed by atoms with Crippen LogP contribution in [0.1, 0.15) is 35.6 Å². The number of nitrogens with one attached hydrogen (secondary N) is 1. The van der Waals surface area contributed by atoms with Gasteiger partial charge in [0.05, 0.1) is 4.90 Å². The number of fused-ring (bicyclic) bond motifs is 1. The van der Waals surface area contributed by atoms with Gasteiger partial charge in [-0.3, -0.25) is 0 Å². The Morgan fingerprint density at radius 3 is 2.78 bits per heavy atom. The van der Waals surface area contributed by atoms with Crippen molar-refractivity contribution in [3.63, 3.8) is 0 Å². The molecule has 1 unspecified atom stereocenters. The van der Waals surface area contributed by atoms with Crippen LogP contribution in [0.5, 0.6) is 0 Å². The summed E-state index contributed by atoms with van der Waals surface area (Å²) in [5.41, 5.74) is 9.01. The quantitative estimate of drug-likeness (QED) is 0.847. The standard InChI is InChI=1S/C17H19FN2O2S/c1-11-5-6-13(18)10-17(11)23(21,22)20-16-4-2-3-12-9-14(19)7-8-15(12)16/h5-10,16,20H,2-4,19H2,1H3. The number of halogens is 1. The fourth-order valence-electron chi connectivity index (χ4n) is 3.07. The molecule has 0 amide bonds. The zero-order valence-corrected chi connectivity index (χ0v) is 13.7. The molecule has 2 aromatic rings. The Kier molecular flexibility index (Phi) is 4.12. The molecule has 0 saturated heterocycles. The molecular formula is C17H19FN2O2S. The molecule has 0 heterocycles. The molecule has 0 aliphatic heterocycles. The smallest absolute Gasteiger partial charge is 0.241 e. The normalized spacial score (nSPS) is 17.7. The van der Waals surface area contributed by atoms with Gasteiger partial charge in [-0.1, -0.05) is 12.1 Å². The lowest BCUT2D eigenvalue weighted by molar-refractivity contribution is 0.506. The van der Waals surface area contributed by atoms with Crippen LogP contribution < -0.4 is 10.5 Å². The van der Waals surface area contributed by atoms with E-state index >= 15 is 0 Å². The number of hydrogen-bond donors (Lipinski definition) is 2. The third-order valence-corrected chi connectivity index (χ3v) is 5.83. The molecule has 0 saturated carbocycles. The Bertz CT molecular complexity index is 850. The second kappa shape index (κ2) is 5.94. The number of hydrogen-bond acceptors (Lipinski definition) is 3. The minimum Gasteiger partial charge on any atom is -0.399 e. The number of aryl methyl sites for hydroxylation is 2.